The summed E-state index contributed by atoms with van der Waals surface area (Å²) < 4.78 is 0. The third kappa shape index (κ3) is 2.99. The van der Waals surface area contributed by atoms with Gasteiger partial charge in [-0.05, 0) is 102 Å². The molecule has 4 rings (SSSR count). The number of nitrogens with zero attached hydrogens (tertiary/aromatic N) is 2. The first kappa shape index (κ1) is 16.4. The van der Waals surface area contributed by atoms with Crippen LogP contribution in [-0.2, 0) is 0 Å². The third-order valence-corrected chi connectivity index (χ3v) is 7.92. The van der Waals surface area contributed by atoms with Gasteiger partial charge in [0.05, 0.1) is 0 Å². The van der Waals surface area contributed by atoms with Crippen molar-refractivity contribution in [3.8, 4) is 0 Å². The number of rotatable bonds is 3. The number of fused-ring (bicyclic) bond motifs is 3. The Bertz CT molecular complexity index is 418. The van der Waals surface area contributed by atoms with E-state index in [0.29, 0.717) is 0 Å². The lowest BCUT2D eigenvalue weighted by Gasteiger charge is -2.40. The lowest BCUT2D eigenvalue weighted by molar-refractivity contribution is 0.0806. The Labute approximate surface area is 144 Å². The number of hydrogen-bond acceptors (Lipinski definition) is 2. The van der Waals surface area contributed by atoms with Gasteiger partial charge in [0.15, 0.2) is 0 Å². The second-order valence-electron chi connectivity index (χ2n) is 9.84. The molecule has 4 fully saturated rings. The van der Waals surface area contributed by atoms with Crippen molar-refractivity contribution >= 4 is 0 Å². The molecule has 2 aliphatic carbocycles. The van der Waals surface area contributed by atoms with Gasteiger partial charge in [-0.15, -0.1) is 0 Å². The molecule has 0 radical (unpaired) electrons. The van der Waals surface area contributed by atoms with Crippen LogP contribution in [0.5, 0.6) is 0 Å². The smallest absolute Gasteiger partial charge is 0.0129 e. The molecule has 2 bridgehead atoms. The van der Waals surface area contributed by atoms with Crippen molar-refractivity contribution in [2.24, 2.45) is 29.6 Å². The SMILES string of the molecule is CC(C)N1CC2CC(C1)C(C1CC3CCCN(C(C)C)C3C1)C2. The van der Waals surface area contributed by atoms with E-state index in [9.17, 15) is 0 Å². The first-order valence-electron chi connectivity index (χ1n) is 10.5. The predicted molar refractivity (Wildman–Crippen MR) is 97.5 cm³/mol. The van der Waals surface area contributed by atoms with Crippen molar-refractivity contribution < 1.29 is 0 Å². The largest absolute Gasteiger partial charge is 0.300 e. The molecule has 2 saturated carbocycles. The van der Waals surface area contributed by atoms with Crippen LogP contribution in [0.15, 0.2) is 0 Å². The lowest BCUT2D eigenvalue weighted by Crippen LogP contribution is -2.46. The highest BCUT2D eigenvalue weighted by Crippen LogP contribution is 2.52. The molecule has 2 nitrogen and oxygen atoms in total. The molecule has 0 spiro atoms. The zero-order chi connectivity index (χ0) is 16.1. The van der Waals surface area contributed by atoms with E-state index in [4.69, 9.17) is 0 Å². The van der Waals surface area contributed by atoms with Crippen LogP contribution in [0.4, 0.5) is 0 Å². The summed E-state index contributed by atoms with van der Waals surface area (Å²) in [4.78, 5) is 5.64. The van der Waals surface area contributed by atoms with E-state index in [2.05, 4.69) is 37.5 Å². The molecule has 0 amide bonds. The zero-order valence-corrected chi connectivity index (χ0v) is 15.9. The van der Waals surface area contributed by atoms with Crippen LogP contribution in [-0.4, -0.2) is 47.6 Å². The van der Waals surface area contributed by atoms with Crippen LogP contribution in [0.1, 0.15) is 66.2 Å². The number of likely N-dealkylation sites (tertiary alicyclic amines) is 2. The van der Waals surface area contributed by atoms with Crippen LogP contribution >= 0.6 is 0 Å². The van der Waals surface area contributed by atoms with Crippen molar-refractivity contribution in [2.45, 2.75) is 84.3 Å². The molecular weight excluding hydrogens is 280 g/mol. The van der Waals surface area contributed by atoms with E-state index in [-0.39, 0.29) is 0 Å². The maximum absolute atomic E-state index is 2.86. The zero-order valence-electron chi connectivity index (χ0n) is 15.9. The quantitative estimate of drug-likeness (QED) is 0.767. The molecular formula is C21H38N2. The maximum atomic E-state index is 2.86. The van der Waals surface area contributed by atoms with E-state index >= 15 is 0 Å². The number of hydrogen-bond donors (Lipinski definition) is 0. The molecule has 23 heavy (non-hydrogen) atoms. The lowest BCUT2D eigenvalue weighted by atomic mass is 9.82. The fourth-order valence-corrected chi connectivity index (χ4v) is 6.90. The third-order valence-electron chi connectivity index (χ3n) is 7.92. The summed E-state index contributed by atoms with van der Waals surface area (Å²) in [6.07, 6.45) is 9.16. The fraction of sp³-hybridized carbons (Fsp3) is 1.00. The minimum atomic E-state index is 0.751. The Morgan fingerprint density at radius 1 is 0.783 bits per heavy atom. The summed E-state index contributed by atoms with van der Waals surface area (Å²) in [7, 11) is 0. The minimum absolute atomic E-state index is 0.751. The van der Waals surface area contributed by atoms with Gasteiger partial charge in [-0.2, -0.15) is 0 Å². The molecule has 2 aliphatic heterocycles. The standard InChI is InChI=1S/C21H38N2/c1-14(2)22-12-16-8-19(13-22)20(9-16)18-10-17-6-5-7-23(15(3)4)21(17)11-18/h14-21H,5-13H2,1-4H3. The van der Waals surface area contributed by atoms with Crippen LogP contribution in [0.25, 0.3) is 0 Å². The first-order valence-corrected chi connectivity index (χ1v) is 10.5. The summed E-state index contributed by atoms with van der Waals surface area (Å²) in [5.41, 5.74) is 0. The summed E-state index contributed by atoms with van der Waals surface area (Å²) in [5.74, 6) is 5.17. The van der Waals surface area contributed by atoms with Crippen molar-refractivity contribution in [3.05, 3.63) is 0 Å². The highest BCUT2D eigenvalue weighted by molar-refractivity contribution is 5.01. The molecule has 6 unspecified atom stereocenters. The van der Waals surface area contributed by atoms with E-state index in [1.54, 1.807) is 19.3 Å². The topological polar surface area (TPSA) is 6.48 Å². The van der Waals surface area contributed by atoms with Gasteiger partial charge in [0.2, 0.25) is 0 Å². The van der Waals surface area contributed by atoms with Gasteiger partial charge in [0.1, 0.15) is 0 Å². The van der Waals surface area contributed by atoms with Crippen molar-refractivity contribution in [1.29, 1.82) is 0 Å². The van der Waals surface area contributed by atoms with E-state index in [0.717, 1.165) is 47.7 Å². The molecule has 2 heterocycles. The normalized spacial score (nSPS) is 45.1. The summed E-state index contributed by atoms with van der Waals surface area (Å²) in [6.45, 7) is 13.8. The molecule has 0 aromatic rings. The Hall–Kier alpha value is -0.0800. The van der Waals surface area contributed by atoms with Gasteiger partial charge in [-0.25, -0.2) is 0 Å². The Morgan fingerprint density at radius 3 is 2.35 bits per heavy atom. The molecule has 4 aliphatic rings. The molecule has 0 N–H and O–H groups in total. The molecule has 132 valence electrons. The monoisotopic (exact) mass is 318 g/mol. The predicted octanol–water partition coefficient (Wildman–Crippen LogP) is 4.25. The van der Waals surface area contributed by atoms with Crippen LogP contribution in [0, 0.1) is 29.6 Å². The minimum Gasteiger partial charge on any atom is -0.300 e. The molecule has 0 aromatic carbocycles. The van der Waals surface area contributed by atoms with Gasteiger partial charge in [-0.3, -0.25) is 4.90 Å². The Morgan fingerprint density at radius 2 is 1.61 bits per heavy atom. The highest BCUT2D eigenvalue weighted by Gasteiger charge is 2.49. The average molecular weight is 319 g/mol. The fourth-order valence-electron chi connectivity index (χ4n) is 6.90. The van der Waals surface area contributed by atoms with Gasteiger partial charge in [0, 0.05) is 31.2 Å². The Balaban J connectivity index is 1.44. The average Bonchev–Trinajstić information content (AvgIpc) is 3.06. The van der Waals surface area contributed by atoms with Crippen molar-refractivity contribution in [2.75, 3.05) is 19.6 Å². The summed E-state index contributed by atoms with van der Waals surface area (Å²) in [6, 6.07) is 2.43. The van der Waals surface area contributed by atoms with Crippen LogP contribution < -0.4 is 0 Å². The summed E-state index contributed by atoms with van der Waals surface area (Å²) >= 11 is 0. The molecule has 2 saturated heterocycles. The van der Waals surface area contributed by atoms with Crippen LogP contribution in [0.2, 0.25) is 0 Å². The van der Waals surface area contributed by atoms with Crippen molar-refractivity contribution in [3.63, 3.8) is 0 Å². The molecule has 0 aromatic heterocycles. The maximum Gasteiger partial charge on any atom is 0.0129 e. The van der Waals surface area contributed by atoms with E-state index in [1.807, 2.05) is 0 Å². The van der Waals surface area contributed by atoms with Gasteiger partial charge >= 0.3 is 0 Å². The Kier molecular flexibility index (Phi) is 4.51. The highest BCUT2D eigenvalue weighted by atomic mass is 15.2. The molecule has 6 atom stereocenters. The van der Waals surface area contributed by atoms with Gasteiger partial charge in [-0.1, -0.05) is 0 Å². The summed E-state index contributed by atoms with van der Waals surface area (Å²) in [5, 5.41) is 0. The van der Waals surface area contributed by atoms with Crippen LogP contribution in [0.3, 0.4) is 0 Å². The van der Waals surface area contributed by atoms with Crippen molar-refractivity contribution in [1.82, 2.24) is 9.80 Å². The second-order valence-corrected chi connectivity index (χ2v) is 9.84. The first-order chi connectivity index (χ1) is 11.0. The second kappa shape index (κ2) is 6.33. The van der Waals surface area contributed by atoms with E-state index < -0.39 is 0 Å². The van der Waals surface area contributed by atoms with Gasteiger partial charge < -0.3 is 4.90 Å². The van der Waals surface area contributed by atoms with E-state index in [1.165, 1.54) is 38.9 Å². The van der Waals surface area contributed by atoms with Gasteiger partial charge in [0.25, 0.3) is 0 Å². The molecule has 2 heteroatoms. The number of piperidine rings is 2.